The number of ether oxygens (including phenoxy) is 1. The Kier molecular flexibility index (Phi) is 4.75. The predicted molar refractivity (Wildman–Crippen MR) is 112 cm³/mol. The Morgan fingerprint density at radius 1 is 0.889 bits per heavy atom. The van der Waals surface area contributed by atoms with Crippen molar-refractivity contribution in [3.63, 3.8) is 0 Å². The average Bonchev–Trinajstić information content (AvgIpc) is 3.20. The Bertz CT molecular complexity index is 1080. The topological polar surface area (TPSA) is 37.9 Å². The van der Waals surface area contributed by atoms with Crippen LogP contribution in [-0.4, -0.2) is 17.3 Å². The largest absolute Gasteiger partial charge is 0.497 e. The highest BCUT2D eigenvalue weighted by molar-refractivity contribution is 6.00. The molecule has 0 atom stereocenters. The molecule has 134 valence electrons. The molecule has 3 nitrogen and oxygen atoms in total. The van der Waals surface area contributed by atoms with Gasteiger partial charge in [0.05, 0.1) is 18.8 Å². The number of benzene rings is 3. The van der Waals surface area contributed by atoms with Crippen molar-refractivity contribution in [1.29, 1.82) is 0 Å². The number of methoxy groups -OCH3 is 1. The zero-order valence-corrected chi connectivity index (χ0v) is 15.6. The smallest absolute Gasteiger partial charge is 0.118 e. The molecule has 4 rings (SSSR count). The monoisotopic (exact) mass is 354 g/mol. The SMILES string of the molecule is CC/C(=C(/c1ccccc1)c1ccc2[nH]ncc2c1)c1ccc(OC)cc1. The summed E-state index contributed by atoms with van der Waals surface area (Å²) < 4.78 is 5.33. The summed E-state index contributed by atoms with van der Waals surface area (Å²) in [7, 11) is 1.70. The second kappa shape index (κ2) is 7.50. The van der Waals surface area contributed by atoms with Crippen LogP contribution in [-0.2, 0) is 0 Å². The number of hydrogen-bond acceptors (Lipinski definition) is 2. The molecule has 0 spiro atoms. The van der Waals surface area contributed by atoms with Gasteiger partial charge in [-0.2, -0.15) is 5.10 Å². The van der Waals surface area contributed by atoms with E-state index in [1.165, 1.54) is 27.8 Å². The molecule has 0 radical (unpaired) electrons. The minimum absolute atomic E-state index is 0.871. The Labute approximate surface area is 159 Å². The van der Waals surface area contributed by atoms with E-state index in [2.05, 4.69) is 77.8 Å². The first-order valence-electron chi connectivity index (χ1n) is 9.16. The molecule has 1 aromatic heterocycles. The Hall–Kier alpha value is -3.33. The van der Waals surface area contributed by atoms with E-state index in [0.29, 0.717) is 0 Å². The molecule has 3 heteroatoms. The lowest BCUT2D eigenvalue weighted by Crippen LogP contribution is -1.95. The van der Waals surface area contributed by atoms with Crippen molar-refractivity contribution in [1.82, 2.24) is 10.2 Å². The third kappa shape index (κ3) is 3.36. The lowest BCUT2D eigenvalue weighted by molar-refractivity contribution is 0.415. The predicted octanol–water partition coefficient (Wildman–Crippen LogP) is 5.94. The van der Waals surface area contributed by atoms with Crippen LogP contribution >= 0.6 is 0 Å². The molecule has 3 aromatic carbocycles. The third-order valence-electron chi connectivity index (χ3n) is 4.89. The summed E-state index contributed by atoms with van der Waals surface area (Å²) in [5.41, 5.74) is 7.24. The van der Waals surface area contributed by atoms with E-state index in [-0.39, 0.29) is 0 Å². The van der Waals surface area contributed by atoms with Crippen molar-refractivity contribution < 1.29 is 4.74 Å². The minimum Gasteiger partial charge on any atom is -0.497 e. The fourth-order valence-corrected chi connectivity index (χ4v) is 3.54. The van der Waals surface area contributed by atoms with Gasteiger partial charge in [-0.25, -0.2) is 0 Å². The highest BCUT2D eigenvalue weighted by atomic mass is 16.5. The first-order valence-corrected chi connectivity index (χ1v) is 9.16. The van der Waals surface area contributed by atoms with Crippen molar-refractivity contribution in [3.8, 4) is 5.75 Å². The van der Waals surface area contributed by atoms with E-state index in [1.54, 1.807) is 7.11 Å². The number of allylic oxidation sites excluding steroid dienone is 1. The van der Waals surface area contributed by atoms with Gasteiger partial charge in [0.15, 0.2) is 0 Å². The van der Waals surface area contributed by atoms with Crippen molar-refractivity contribution in [2.45, 2.75) is 13.3 Å². The van der Waals surface area contributed by atoms with Crippen LogP contribution in [0.1, 0.15) is 30.0 Å². The molecule has 1 N–H and O–H groups in total. The molecule has 0 aliphatic carbocycles. The quantitative estimate of drug-likeness (QED) is 0.450. The molecule has 0 saturated carbocycles. The first-order chi connectivity index (χ1) is 13.3. The van der Waals surface area contributed by atoms with Crippen molar-refractivity contribution >= 4 is 22.0 Å². The summed E-state index contributed by atoms with van der Waals surface area (Å²) in [5, 5.41) is 8.31. The summed E-state index contributed by atoms with van der Waals surface area (Å²) in [6.07, 6.45) is 2.81. The Balaban J connectivity index is 1.95. The van der Waals surface area contributed by atoms with Gasteiger partial charge < -0.3 is 4.74 Å². The highest BCUT2D eigenvalue weighted by Crippen LogP contribution is 2.35. The third-order valence-corrected chi connectivity index (χ3v) is 4.89. The van der Waals surface area contributed by atoms with Crippen LogP contribution in [0.25, 0.3) is 22.0 Å². The molecular formula is C24H22N2O. The Morgan fingerprint density at radius 2 is 1.63 bits per heavy atom. The fraction of sp³-hybridized carbons (Fsp3) is 0.125. The van der Waals surface area contributed by atoms with Crippen molar-refractivity contribution in [3.05, 3.63) is 95.7 Å². The summed E-state index contributed by atoms with van der Waals surface area (Å²) in [5.74, 6) is 0.871. The molecule has 4 aromatic rings. The maximum atomic E-state index is 5.33. The normalized spacial score (nSPS) is 12.1. The number of nitrogens with zero attached hydrogens (tertiary/aromatic N) is 1. The second-order valence-corrected chi connectivity index (χ2v) is 6.47. The van der Waals surface area contributed by atoms with E-state index in [4.69, 9.17) is 4.74 Å². The summed E-state index contributed by atoms with van der Waals surface area (Å²) in [6.45, 7) is 2.21. The molecule has 0 aliphatic heterocycles. The molecule has 0 fully saturated rings. The molecule has 1 heterocycles. The van der Waals surface area contributed by atoms with Gasteiger partial charge in [-0.15, -0.1) is 0 Å². The van der Waals surface area contributed by atoms with Gasteiger partial charge in [0, 0.05) is 5.39 Å². The molecule has 0 unspecified atom stereocenters. The lowest BCUT2D eigenvalue weighted by Gasteiger charge is -2.16. The van der Waals surface area contributed by atoms with E-state index in [9.17, 15) is 0 Å². The Morgan fingerprint density at radius 3 is 2.33 bits per heavy atom. The zero-order chi connectivity index (χ0) is 18.6. The number of H-pyrrole nitrogens is 1. The van der Waals surface area contributed by atoms with Crippen LogP contribution < -0.4 is 4.74 Å². The average molecular weight is 354 g/mol. The van der Waals surface area contributed by atoms with Gasteiger partial charge in [0.25, 0.3) is 0 Å². The standard InChI is InChI=1S/C24H22N2O/c1-3-22(17-9-12-21(27-2)13-10-17)24(18-7-5-4-6-8-18)19-11-14-23-20(15-19)16-25-26-23/h4-16H,3H2,1-2H3,(H,25,26)/b24-22+. The molecule has 0 amide bonds. The first kappa shape index (κ1) is 17.1. The maximum Gasteiger partial charge on any atom is 0.118 e. The van der Waals surface area contributed by atoms with Crippen molar-refractivity contribution in [2.75, 3.05) is 7.11 Å². The van der Waals surface area contributed by atoms with Crippen molar-refractivity contribution in [2.24, 2.45) is 0 Å². The van der Waals surface area contributed by atoms with Gasteiger partial charge >= 0.3 is 0 Å². The number of hydrogen-bond donors (Lipinski definition) is 1. The van der Waals surface area contributed by atoms with Crippen LogP contribution in [0.5, 0.6) is 5.75 Å². The van der Waals surface area contributed by atoms with E-state index < -0.39 is 0 Å². The van der Waals surface area contributed by atoms with Crippen LogP contribution in [0.2, 0.25) is 0 Å². The maximum absolute atomic E-state index is 5.33. The van der Waals surface area contributed by atoms with Gasteiger partial charge in [-0.1, -0.05) is 55.5 Å². The van der Waals surface area contributed by atoms with E-state index in [0.717, 1.165) is 23.1 Å². The molecule has 0 bridgehead atoms. The van der Waals surface area contributed by atoms with Gasteiger partial charge in [-0.05, 0) is 58.5 Å². The molecule has 0 aliphatic rings. The summed E-state index contributed by atoms with van der Waals surface area (Å²) in [6, 6.07) is 25.4. The van der Waals surface area contributed by atoms with Gasteiger partial charge in [0.2, 0.25) is 0 Å². The van der Waals surface area contributed by atoms with E-state index in [1.807, 2.05) is 18.3 Å². The van der Waals surface area contributed by atoms with Crippen LogP contribution in [0, 0.1) is 0 Å². The molecule has 27 heavy (non-hydrogen) atoms. The number of nitrogens with one attached hydrogen (secondary N) is 1. The number of fused-ring (bicyclic) bond motifs is 1. The van der Waals surface area contributed by atoms with E-state index >= 15 is 0 Å². The molecule has 0 saturated heterocycles. The lowest BCUT2D eigenvalue weighted by atomic mass is 9.88. The minimum atomic E-state index is 0.871. The summed E-state index contributed by atoms with van der Waals surface area (Å²) >= 11 is 0. The van der Waals surface area contributed by atoms with Gasteiger partial charge in [-0.3, -0.25) is 5.10 Å². The fourth-order valence-electron chi connectivity index (χ4n) is 3.54. The highest BCUT2D eigenvalue weighted by Gasteiger charge is 2.14. The zero-order valence-electron chi connectivity index (χ0n) is 15.6. The van der Waals surface area contributed by atoms with Crippen LogP contribution in [0.4, 0.5) is 0 Å². The number of aromatic nitrogens is 2. The summed E-state index contributed by atoms with van der Waals surface area (Å²) in [4.78, 5) is 0. The number of rotatable bonds is 5. The van der Waals surface area contributed by atoms with Crippen LogP contribution in [0.3, 0.4) is 0 Å². The van der Waals surface area contributed by atoms with Gasteiger partial charge in [0.1, 0.15) is 5.75 Å². The second-order valence-electron chi connectivity index (χ2n) is 6.47. The number of aromatic amines is 1. The van der Waals surface area contributed by atoms with Crippen LogP contribution in [0.15, 0.2) is 79.0 Å². The molecular weight excluding hydrogens is 332 g/mol.